The van der Waals surface area contributed by atoms with Gasteiger partial charge in [-0.2, -0.15) is 4.68 Å². The lowest BCUT2D eigenvalue weighted by Gasteiger charge is -2.13. The van der Waals surface area contributed by atoms with E-state index < -0.39 is 0 Å². The Kier molecular flexibility index (Phi) is 5.49. The molecular formula is C19H22FN4OS+. The molecule has 2 aromatic carbocycles. The van der Waals surface area contributed by atoms with E-state index in [1.54, 1.807) is 19.2 Å². The number of nitrogens with one attached hydrogen (secondary N) is 1. The van der Waals surface area contributed by atoms with E-state index in [-0.39, 0.29) is 5.82 Å². The van der Waals surface area contributed by atoms with Gasteiger partial charge in [0, 0.05) is 12.6 Å². The normalized spacial score (nSPS) is 12.2. The maximum atomic E-state index is 13.0. The monoisotopic (exact) mass is 373 g/mol. The highest BCUT2D eigenvalue weighted by Gasteiger charge is 2.16. The van der Waals surface area contributed by atoms with Crippen molar-refractivity contribution < 1.29 is 14.0 Å². The predicted octanol–water partition coefficient (Wildman–Crippen LogP) is 2.44. The quantitative estimate of drug-likeness (QED) is 0.675. The SMILES string of the molecule is COc1ccccc1-c1nn(C[NH+](C)Cc2ccc(F)cc2)c(=S)n1C. The lowest BCUT2D eigenvalue weighted by Crippen LogP contribution is -3.07. The molecule has 0 aliphatic rings. The van der Waals surface area contributed by atoms with Crippen LogP contribution >= 0.6 is 12.2 Å². The van der Waals surface area contributed by atoms with Crippen LogP contribution < -0.4 is 9.64 Å². The molecule has 1 N–H and O–H groups in total. The molecule has 0 bridgehead atoms. The van der Waals surface area contributed by atoms with E-state index in [1.165, 1.54) is 17.0 Å². The Balaban J connectivity index is 1.83. The van der Waals surface area contributed by atoms with Crippen molar-refractivity contribution in [1.29, 1.82) is 0 Å². The van der Waals surface area contributed by atoms with Gasteiger partial charge in [-0.25, -0.2) is 4.39 Å². The number of hydrogen-bond acceptors (Lipinski definition) is 3. The highest BCUT2D eigenvalue weighted by molar-refractivity contribution is 7.71. The molecule has 0 saturated heterocycles. The number of methoxy groups -OCH3 is 1. The average Bonchev–Trinajstić information content (AvgIpc) is 2.92. The molecule has 0 radical (unpaired) electrons. The molecule has 0 aliphatic carbocycles. The number of hydrogen-bond donors (Lipinski definition) is 1. The van der Waals surface area contributed by atoms with Crippen LogP contribution in [0.3, 0.4) is 0 Å². The van der Waals surface area contributed by atoms with Crippen molar-refractivity contribution in [3.8, 4) is 17.1 Å². The fraction of sp³-hybridized carbons (Fsp3) is 0.263. The predicted molar refractivity (Wildman–Crippen MR) is 101 cm³/mol. The van der Waals surface area contributed by atoms with Crippen molar-refractivity contribution in [2.45, 2.75) is 13.2 Å². The summed E-state index contributed by atoms with van der Waals surface area (Å²) < 4.78 is 22.8. The summed E-state index contributed by atoms with van der Waals surface area (Å²) in [6.07, 6.45) is 0. The minimum atomic E-state index is -0.222. The van der Waals surface area contributed by atoms with Crippen LogP contribution in [0.2, 0.25) is 0 Å². The second-order valence-corrected chi connectivity index (χ2v) is 6.65. The fourth-order valence-corrected chi connectivity index (χ4v) is 3.11. The van der Waals surface area contributed by atoms with Crippen molar-refractivity contribution in [1.82, 2.24) is 14.3 Å². The van der Waals surface area contributed by atoms with E-state index in [0.717, 1.165) is 29.2 Å². The largest absolute Gasteiger partial charge is 0.496 e. The van der Waals surface area contributed by atoms with E-state index >= 15 is 0 Å². The Hall–Kier alpha value is -2.51. The summed E-state index contributed by atoms with van der Waals surface area (Å²) in [5.74, 6) is 1.30. The summed E-state index contributed by atoms with van der Waals surface area (Å²) in [4.78, 5) is 1.19. The molecule has 0 saturated carbocycles. The second-order valence-electron chi connectivity index (χ2n) is 6.28. The van der Waals surface area contributed by atoms with E-state index in [4.69, 9.17) is 22.1 Å². The van der Waals surface area contributed by atoms with Crippen molar-refractivity contribution in [3.05, 3.63) is 64.7 Å². The van der Waals surface area contributed by atoms with Crippen LogP contribution in [-0.2, 0) is 20.3 Å². The van der Waals surface area contributed by atoms with Crippen LogP contribution in [0, 0.1) is 10.6 Å². The van der Waals surface area contributed by atoms with E-state index in [0.29, 0.717) is 11.4 Å². The lowest BCUT2D eigenvalue weighted by molar-refractivity contribution is -0.917. The topological polar surface area (TPSA) is 36.4 Å². The number of nitrogens with zero attached hydrogens (tertiary/aromatic N) is 3. The summed E-state index contributed by atoms with van der Waals surface area (Å²) >= 11 is 5.55. The van der Waals surface area contributed by atoms with Crippen molar-refractivity contribution in [2.24, 2.45) is 7.05 Å². The molecule has 0 fully saturated rings. The van der Waals surface area contributed by atoms with Gasteiger partial charge in [-0.15, -0.1) is 5.10 Å². The minimum absolute atomic E-state index is 0.222. The van der Waals surface area contributed by atoms with Gasteiger partial charge < -0.3 is 14.2 Å². The van der Waals surface area contributed by atoms with Crippen LogP contribution in [0.5, 0.6) is 5.75 Å². The van der Waals surface area contributed by atoms with Crippen LogP contribution in [0.4, 0.5) is 4.39 Å². The molecule has 0 aliphatic heterocycles. The first-order valence-electron chi connectivity index (χ1n) is 8.32. The van der Waals surface area contributed by atoms with Crippen molar-refractivity contribution >= 4 is 12.2 Å². The van der Waals surface area contributed by atoms with Gasteiger partial charge in [0.1, 0.15) is 18.1 Å². The molecule has 7 heteroatoms. The first kappa shape index (κ1) is 18.3. The third-order valence-corrected chi connectivity index (χ3v) is 4.71. The second kappa shape index (κ2) is 7.80. The van der Waals surface area contributed by atoms with Gasteiger partial charge in [-0.1, -0.05) is 24.3 Å². The zero-order chi connectivity index (χ0) is 18.7. The summed E-state index contributed by atoms with van der Waals surface area (Å²) in [5, 5.41) is 4.70. The van der Waals surface area contributed by atoms with Crippen LogP contribution in [0.1, 0.15) is 5.56 Å². The number of ether oxygens (including phenoxy) is 1. The summed E-state index contributed by atoms with van der Waals surface area (Å²) in [6, 6.07) is 14.3. The molecular weight excluding hydrogens is 351 g/mol. The van der Waals surface area contributed by atoms with E-state index in [2.05, 4.69) is 7.05 Å². The minimum Gasteiger partial charge on any atom is -0.496 e. The highest BCUT2D eigenvalue weighted by atomic mass is 32.1. The molecule has 1 heterocycles. The summed E-state index contributed by atoms with van der Waals surface area (Å²) in [5.41, 5.74) is 1.97. The third-order valence-electron chi connectivity index (χ3n) is 4.23. The maximum Gasteiger partial charge on any atom is 0.202 e. The Morgan fingerprint density at radius 2 is 1.85 bits per heavy atom. The Morgan fingerprint density at radius 1 is 1.15 bits per heavy atom. The standard InChI is InChI=1S/C19H21FN4OS/c1-22(12-14-8-10-15(20)11-9-14)13-24-19(26)23(2)18(21-24)16-6-4-5-7-17(16)25-3/h4-11H,12-13H2,1-3H3/p+1. The number of rotatable bonds is 6. The lowest BCUT2D eigenvalue weighted by atomic mass is 10.2. The number of para-hydroxylation sites is 1. The zero-order valence-corrected chi connectivity index (χ0v) is 15.9. The van der Waals surface area contributed by atoms with Gasteiger partial charge in [0.05, 0.1) is 19.7 Å². The van der Waals surface area contributed by atoms with E-state index in [1.807, 2.05) is 40.6 Å². The Labute approximate surface area is 157 Å². The summed E-state index contributed by atoms with van der Waals surface area (Å²) in [6.45, 7) is 1.36. The smallest absolute Gasteiger partial charge is 0.202 e. The number of quaternary nitrogens is 1. The van der Waals surface area contributed by atoms with Crippen molar-refractivity contribution in [2.75, 3.05) is 14.2 Å². The van der Waals surface area contributed by atoms with Crippen LogP contribution in [0.25, 0.3) is 11.4 Å². The van der Waals surface area contributed by atoms with Gasteiger partial charge in [-0.05, 0) is 36.5 Å². The number of aromatic nitrogens is 3. The van der Waals surface area contributed by atoms with Crippen LogP contribution in [-0.4, -0.2) is 28.5 Å². The maximum absolute atomic E-state index is 13.0. The van der Waals surface area contributed by atoms with Crippen molar-refractivity contribution in [3.63, 3.8) is 0 Å². The molecule has 3 aromatic rings. The molecule has 26 heavy (non-hydrogen) atoms. The third kappa shape index (κ3) is 3.84. The zero-order valence-electron chi connectivity index (χ0n) is 15.1. The van der Waals surface area contributed by atoms with Gasteiger partial charge in [0.15, 0.2) is 12.5 Å². The van der Waals surface area contributed by atoms with Gasteiger partial charge in [-0.3, -0.25) is 0 Å². The molecule has 1 aromatic heterocycles. The fourth-order valence-electron chi connectivity index (χ4n) is 2.92. The number of halogens is 1. The average molecular weight is 373 g/mol. The van der Waals surface area contributed by atoms with Crippen LogP contribution in [0.15, 0.2) is 48.5 Å². The molecule has 0 spiro atoms. The summed E-state index contributed by atoms with van der Waals surface area (Å²) in [7, 11) is 5.61. The Morgan fingerprint density at radius 3 is 2.54 bits per heavy atom. The van der Waals surface area contributed by atoms with Gasteiger partial charge in [0.25, 0.3) is 0 Å². The molecule has 1 atom stereocenters. The molecule has 136 valence electrons. The highest BCUT2D eigenvalue weighted by Crippen LogP contribution is 2.27. The van der Waals surface area contributed by atoms with E-state index in [9.17, 15) is 4.39 Å². The molecule has 1 unspecified atom stereocenters. The number of benzene rings is 2. The van der Waals surface area contributed by atoms with Gasteiger partial charge in [0.2, 0.25) is 4.77 Å². The Bertz CT molecular complexity index is 949. The van der Waals surface area contributed by atoms with Gasteiger partial charge >= 0.3 is 0 Å². The molecule has 5 nitrogen and oxygen atoms in total. The molecule has 0 amide bonds. The first-order valence-corrected chi connectivity index (χ1v) is 8.73. The molecule has 3 rings (SSSR count). The first-order chi connectivity index (χ1) is 12.5.